The molecule has 29 heavy (non-hydrogen) atoms. The molecule has 4 aliphatic heterocycles. The molecule has 2 unspecified atom stereocenters. The van der Waals surface area contributed by atoms with Gasteiger partial charge in [0.2, 0.25) is 0 Å². The van der Waals surface area contributed by atoms with Crippen molar-refractivity contribution in [3.05, 3.63) is 58.4 Å². The summed E-state index contributed by atoms with van der Waals surface area (Å²) in [6, 6.07) is 10.0. The Morgan fingerprint density at radius 3 is 2.52 bits per heavy atom. The molecule has 1 N–H and O–H groups in total. The van der Waals surface area contributed by atoms with Gasteiger partial charge in [0.1, 0.15) is 5.69 Å². The third kappa shape index (κ3) is 3.15. The van der Waals surface area contributed by atoms with Crippen LogP contribution in [-0.4, -0.2) is 58.4 Å². The first-order valence-electron chi connectivity index (χ1n) is 10.6. The molecule has 0 radical (unpaired) electrons. The fourth-order valence-electron chi connectivity index (χ4n) is 5.00. The monoisotopic (exact) mass is 393 g/mol. The van der Waals surface area contributed by atoms with Crippen LogP contribution in [0.2, 0.25) is 0 Å². The molecule has 2 bridgehead atoms. The van der Waals surface area contributed by atoms with E-state index < -0.39 is 0 Å². The highest BCUT2D eigenvalue weighted by atomic mass is 16.5. The zero-order chi connectivity index (χ0) is 20.0. The maximum Gasteiger partial charge on any atom is 0.270 e. The van der Waals surface area contributed by atoms with Gasteiger partial charge in [-0.2, -0.15) is 0 Å². The van der Waals surface area contributed by atoms with Gasteiger partial charge in [-0.3, -0.25) is 9.59 Å². The zero-order valence-corrected chi connectivity index (χ0v) is 16.8. The van der Waals surface area contributed by atoms with Crippen molar-refractivity contribution in [2.45, 2.75) is 51.3 Å². The first kappa shape index (κ1) is 18.4. The second kappa shape index (κ2) is 7.34. The smallest absolute Gasteiger partial charge is 0.270 e. The summed E-state index contributed by atoms with van der Waals surface area (Å²) in [7, 11) is 0. The van der Waals surface area contributed by atoms with E-state index in [1.807, 2.05) is 34.1 Å². The standard InChI is InChI=1S/C23H27N3O3/c1-2-16-6-9-21(24-16)23(28)26-13-17-7-8-18(26)12-25(17)22(27)19-5-3-4-15-10-11-29-14-20(15)19/h3-6,9,17-18,24H,2,7-8,10-14H2,1H3. The molecule has 152 valence electrons. The molecule has 2 amide bonds. The lowest BCUT2D eigenvalue weighted by Gasteiger charge is -2.51. The van der Waals surface area contributed by atoms with Crippen molar-refractivity contribution in [2.24, 2.45) is 0 Å². The van der Waals surface area contributed by atoms with E-state index in [9.17, 15) is 9.59 Å². The molecule has 2 atom stereocenters. The Kier molecular flexibility index (Phi) is 4.66. The van der Waals surface area contributed by atoms with Crippen molar-refractivity contribution >= 4 is 11.8 Å². The number of aromatic nitrogens is 1. The number of nitrogens with zero attached hydrogens (tertiary/aromatic N) is 2. The summed E-state index contributed by atoms with van der Waals surface area (Å²) in [5.41, 5.74) is 4.76. The fourth-order valence-corrected chi connectivity index (χ4v) is 5.00. The molecule has 5 heterocycles. The lowest BCUT2D eigenvalue weighted by atomic mass is 9.89. The predicted octanol–water partition coefficient (Wildman–Crippen LogP) is 2.78. The van der Waals surface area contributed by atoms with Gasteiger partial charge in [0, 0.05) is 36.4 Å². The van der Waals surface area contributed by atoms with Gasteiger partial charge in [-0.05, 0) is 55.0 Å². The second-order valence-corrected chi connectivity index (χ2v) is 8.30. The van der Waals surface area contributed by atoms with Gasteiger partial charge in [-0.1, -0.05) is 19.1 Å². The van der Waals surface area contributed by atoms with Crippen LogP contribution in [0.1, 0.15) is 57.4 Å². The number of aromatic amines is 1. The highest BCUT2D eigenvalue weighted by molar-refractivity contribution is 5.97. The molecule has 6 heteroatoms. The maximum absolute atomic E-state index is 13.4. The van der Waals surface area contributed by atoms with Crippen LogP contribution in [0.3, 0.4) is 0 Å². The fraction of sp³-hybridized carbons (Fsp3) is 0.478. The Morgan fingerprint density at radius 2 is 1.83 bits per heavy atom. The molecule has 0 aliphatic carbocycles. The van der Waals surface area contributed by atoms with Crippen molar-refractivity contribution in [1.82, 2.24) is 14.8 Å². The number of rotatable bonds is 3. The third-order valence-electron chi connectivity index (χ3n) is 6.67. The molecule has 3 saturated heterocycles. The molecule has 1 aromatic carbocycles. The molecule has 1 aromatic heterocycles. The first-order chi connectivity index (χ1) is 14.2. The number of aryl methyl sites for hydroxylation is 1. The number of carbonyl (C=O) groups excluding carboxylic acids is 2. The van der Waals surface area contributed by atoms with E-state index in [2.05, 4.69) is 18.0 Å². The molecule has 6 nitrogen and oxygen atoms in total. The summed E-state index contributed by atoms with van der Waals surface area (Å²) in [5.74, 6) is 0.138. The molecule has 0 saturated carbocycles. The highest BCUT2D eigenvalue weighted by Gasteiger charge is 2.43. The summed E-state index contributed by atoms with van der Waals surface area (Å²) >= 11 is 0. The number of benzene rings is 1. The Morgan fingerprint density at radius 1 is 1.07 bits per heavy atom. The molecule has 2 aromatic rings. The molecule has 6 rings (SSSR count). The summed E-state index contributed by atoms with van der Waals surface area (Å²) in [4.78, 5) is 33.6. The molecular weight excluding hydrogens is 366 g/mol. The minimum absolute atomic E-state index is 0.0528. The van der Waals surface area contributed by atoms with Crippen molar-refractivity contribution in [3.8, 4) is 0 Å². The molecule has 0 spiro atoms. The first-order valence-corrected chi connectivity index (χ1v) is 10.6. The Bertz CT molecular complexity index is 951. The number of hydrogen-bond donors (Lipinski definition) is 1. The minimum Gasteiger partial charge on any atom is -0.376 e. The topological polar surface area (TPSA) is 65.6 Å². The average molecular weight is 393 g/mol. The van der Waals surface area contributed by atoms with E-state index >= 15 is 0 Å². The summed E-state index contributed by atoms with van der Waals surface area (Å²) in [6.45, 7) is 4.52. The summed E-state index contributed by atoms with van der Waals surface area (Å²) < 4.78 is 5.62. The number of H-pyrrole nitrogens is 1. The van der Waals surface area contributed by atoms with Crippen LogP contribution in [-0.2, 0) is 24.2 Å². The SMILES string of the molecule is CCc1ccc(C(=O)N2CC3CCC2CN3C(=O)c2cccc3c2COCC3)[nH]1. The van der Waals surface area contributed by atoms with Crippen LogP contribution in [0.25, 0.3) is 0 Å². The van der Waals surface area contributed by atoms with Crippen LogP contribution in [0, 0.1) is 0 Å². The maximum atomic E-state index is 13.4. The summed E-state index contributed by atoms with van der Waals surface area (Å²) in [6.07, 6.45) is 3.65. The van der Waals surface area contributed by atoms with Crippen LogP contribution < -0.4 is 0 Å². The minimum atomic E-state index is 0.0528. The Balaban J connectivity index is 1.35. The number of carbonyl (C=O) groups is 2. The van der Waals surface area contributed by atoms with Gasteiger partial charge in [-0.25, -0.2) is 0 Å². The average Bonchev–Trinajstić information content (AvgIpc) is 3.27. The van der Waals surface area contributed by atoms with Crippen molar-refractivity contribution in [3.63, 3.8) is 0 Å². The largest absolute Gasteiger partial charge is 0.376 e. The molecular formula is C23H27N3O3. The van der Waals surface area contributed by atoms with Gasteiger partial charge in [0.05, 0.1) is 13.2 Å². The van der Waals surface area contributed by atoms with E-state index in [0.717, 1.165) is 42.5 Å². The van der Waals surface area contributed by atoms with Crippen LogP contribution >= 0.6 is 0 Å². The second-order valence-electron chi connectivity index (χ2n) is 8.30. The number of hydrogen-bond acceptors (Lipinski definition) is 3. The quantitative estimate of drug-likeness (QED) is 0.872. The van der Waals surface area contributed by atoms with Crippen molar-refractivity contribution in [2.75, 3.05) is 19.7 Å². The number of nitrogens with one attached hydrogen (secondary N) is 1. The van der Waals surface area contributed by atoms with Gasteiger partial charge in [-0.15, -0.1) is 0 Å². The van der Waals surface area contributed by atoms with Gasteiger partial charge < -0.3 is 19.5 Å². The van der Waals surface area contributed by atoms with Crippen molar-refractivity contribution < 1.29 is 14.3 Å². The molecule has 4 aliphatic rings. The van der Waals surface area contributed by atoms with E-state index in [1.165, 1.54) is 5.56 Å². The Labute approximate surface area is 170 Å². The predicted molar refractivity (Wildman–Crippen MR) is 109 cm³/mol. The zero-order valence-electron chi connectivity index (χ0n) is 16.8. The number of piperidine rings is 2. The number of fused-ring (bicyclic) bond motifs is 4. The van der Waals surface area contributed by atoms with E-state index in [0.29, 0.717) is 32.0 Å². The molecule has 3 fully saturated rings. The summed E-state index contributed by atoms with van der Waals surface area (Å²) in [5, 5.41) is 0. The lowest BCUT2D eigenvalue weighted by Crippen LogP contribution is -2.65. The number of amides is 2. The highest BCUT2D eigenvalue weighted by Crippen LogP contribution is 2.32. The van der Waals surface area contributed by atoms with E-state index in [-0.39, 0.29) is 23.9 Å². The van der Waals surface area contributed by atoms with Gasteiger partial charge in [0.25, 0.3) is 11.8 Å². The van der Waals surface area contributed by atoms with Crippen LogP contribution in [0.5, 0.6) is 0 Å². The number of piperazine rings is 1. The number of ether oxygens (including phenoxy) is 1. The Hall–Kier alpha value is -2.60. The van der Waals surface area contributed by atoms with Gasteiger partial charge in [0.15, 0.2) is 0 Å². The van der Waals surface area contributed by atoms with E-state index in [1.54, 1.807) is 0 Å². The van der Waals surface area contributed by atoms with E-state index in [4.69, 9.17) is 4.74 Å². The van der Waals surface area contributed by atoms with Crippen LogP contribution in [0.4, 0.5) is 0 Å². The lowest BCUT2D eigenvalue weighted by molar-refractivity contribution is -0.00654. The van der Waals surface area contributed by atoms with Gasteiger partial charge >= 0.3 is 0 Å². The van der Waals surface area contributed by atoms with Crippen molar-refractivity contribution in [1.29, 1.82) is 0 Å². The normalized spacial score (nSPS) is 23.2. The third-order valence-corrected chi connectivity index (χ3v) is 6.67. The van der Waals surface area contributed by atoms with Crippen LogP contribution in [0.15, 0.2) is 30.3 Å².